The largest absolute Gasteiger partial charge is 0.464 e. The summed E-state index contributed by atoms with van der Waals surface area (Å²) in [5.74, 6) is 0.384. The zero-order valence-corrected chi connectivity index (χ0v) is 19.4. The fraction of sp³-hybridized carbons (Fsp3) is 0.292. The van der Waals surface area contributed by atoms with Crippen molar-refractivity contribution in [3.63, 3.8) is 0 Å². The minimum atomic E-state index is -1.36. The van der Waals surface area contributed by atoms with E-state index in [4.69, 9.17) is 9.47 Å². The molecule has 2 aromatic carbocycles. The number of nitrogens with one attached hydrogen (secondary N) is 1. The number of tetrazole rings is 1. The monoisotopic (exact) mass is 462 g/mol. The lowest BCUT2D eigenvalue weighted by molar-refractivity contribution is 0.0535. The molecule has 0 aliphatic rings. The number of nitrogens with zero attached hydrogens (tertiary/aromatic N) is 5. The summed E-state index contributed by atoms with van der Waals surface area (Å²) in [6.45, 7) is 5.67. The van der Waals surface area contributed by atoms with Gasteiger partial charge in [0, 0.05) is 17.9 Å². The third kappa shape index (κ3) is 4.45. The molecule has 0 spiro atoms. The Morgan fingerprint density at radius 3 is 2.41 bits per heavy atom. The van der Waals surface area contributed by atoms with Gasteiger partial charge in [-0.05, 0) is 49.2 Å². The molecule has 2 heterocycles. The maximum absolute atomic E-state index is 12.8. The van der Waals surface area contributed by atoms with Gasteiger partial charge < -0.3 is 14.6 Å². The second kappa shape index (κ2) is 9.54. The molecule has 0 aliphatic heterocycles. The molecule has 10 heteroatoms. The molecular formula is C24H26N6O4. The molecule has 2 aromatic heterocycles. The number of imidazole rings is 1. The van der Waals surface area contributed by atoms with Crippen molar-refractivity contribution in [2.75, 3.05) is 13.7 Å². The Morgan fingerprint density at radius 2 is 1.82 bits per heavy atom. The van der Waals surface area contributed by atoms with E-state index >= 15 is 0 Å². The van der Waals surface area contributed by atoms with Gasteiger partial charge in [0.25, 0.3) is 0 Å². The number of methoxy groups -OCH3 is 1. The zero-order valence-electron chi connectivity index (χ0n) is 19.4. The average Bonchev–Trinajstić information content (AvgIpc) is 3.50. The first-order valence-corrected chi connectivity index (χ1v) is 10.8. The average molecular weight is 463 g/mol. The van der Waals surface area contributed by atoms with Gasteiger partial charge in [-0.3, -0.25) is 4.57 Å². The molecule has 0 saturated carbocycles. The summed E-state index contributed by atoms with van der Waals surface area (Å²) in [4.78, 5) is 17.3. The van der Waals surface area contributed by atoms with Crippen LogP contribution in [0.25, 0.3) is 28.2 Å². The van der Waals surface area contributed by atoms with Crippen molar-refractivity contribution in [3.05, 3.63) is 65.7 Å². The number of rotatable bonds is 8. The number of carbonyl (C=O) groups is 1. The zero-order chi connectivity index (χ0) is 24.3. The van der Waals surface area contributed by atoms with E-state index in [2.05, 4.69) is 25.6 Å². The van der Waals surface area contributed by atoms with Crippen LogP contribution in [-0.4, -0.2) is 55.0 Å². The van der Waals surface area contributed by atoms with Crippen LogP contribution in [0.3, 0.4) is 0 Å². The molecule has 176 valence electrons. The summed E-state index contributed by atoms with van der Waals surface area (Å²) in [5.41, 5.74) is 2.39. The van der Waals surface area contributed by atoms with Crippen LogP contribution in [0.5, 0.6) is 0 Å². The van der Waals surface area contributed by atoms with Gasteiger partial charge in [-0.25, -0.2) is 9.78 Å². The van der Waals surface area contributed by atoms with E-state index in [0.717, 1.165) is 16.7 Å². The molecule has 34 heavy (non-hydrogen) atoms. The van der Waals surface area contributed by atoms with E-state index in [1.807, 2.05) is 55.5 Å². The molecule has 0 unspecified atom stereocenters. The molecule has 10 nitrogen and oxygen atoms in total. The van der Waals surface area contributed by atoms with Crippen molar-refractivity contribution >= 4 is 5.97 Å². The van der Waals surface area contributed by atoms with Crippen LogP contribution in [0, 0.1) is 0 Å². The summed E-state index contributed by atoms with van der Waals surface area (Å²) in [6, 6.07) is 15.4. The van der Waals surface area contributed by atoms with Crippen molar-refractivity contribution in [1.29, 1.82) is 0 Å². The summed E-state index contributed by atoms with van der Waals surface area (Å²) >= 11 is 0. The van der Waals surface area contributed by atoms with Crippen LogP contribution in [0.2, 0.25) is 0 Å². The van der Waals surface area contributed by atoms with Gasteiger partial charge in [0.1, 0.15) is 23.7 Å². The van der Waals surface area contributed by atoms with Crippen LogP contribution >= 0.6 is 0 Å². The number of aliphatic hydroxyl groups is 1. The summed E-state index contributed by atoms with van der Waals surface area (Å²) in [5, 5.41) is 25.0. The number of hydrogen-bond donors (Lipinski definition) is 2. The maximum atomic E-state index is 12.8. The Bertz CT molecular complexity index is 1270. The van der Waals surface area contributed by atoms with Crippen LogP contribution in [-0.2, 0) is 21.7 Å². The molecule has 4 rings (SSSR count). The van der Waals surface area contributed by atoms with Gasteiger partial charge in [-0.15, -0.1) is 10.2 Å². The number of aromatic amines is 1. The minimum absolute atomic E-state index is 0.157. The van der Waals surface area contributed by atoms with E-state index in [0.29, 0.717) is 23.9 Å². The Balaban J connectivity index is 1.83. The molecule has 4 aromatic rings. The Hall–Kier alpha value is -3.89. The van der Waals surface area contributed by atoms with Crippen molar-refractivity contribution < 1.29 is 19.4 Å². The summed E-state index contributed by atoms with van der Waals surface area (Å²) < 4.78 is 12.3. The Morgan fingerprint density at radius 1 is 1.12 bits per heavy atom. The van der Waals surface area contributed by atoms with Gasteiger partial charge in [0.05, 0.1) is 7.11 Å². The fourth-order valence-electron chi connectivity index (χ4n) is 3.74. The Labute approximate surface area is 196 Å². The second-order valence-electron chi connectivity index (χ2n) is 8.08. The van der Waals surface area contributed by atoms with Crippen LogP contribution in [0.4, 0.5) is 0 Å². The number of benzene rings is 2. The molecule has 0 atom stereocenters. The van der Waals surface area contributed by atoms with Gasteiger partial charge in [-0.1, -0.05) is 36.4 Å². The number of aromatic nitrogens is 6. The van der Waals surface area contributed by atoms with Crippen LogP contribution in [0.1, 0.15) is 42.8 Å². The molecule has 0 fully saturated rings. The predicted octanol–water partition coefficient (Wildman–Crippen LogP) is 3.27. The molecule has 0 bridgehead atoms. The van der Waals surface area contributed by atoms with Crippen molar-refractivity contribution in [3.8, 4) is 28.2 Å². The van der Waals surface area contributed by atoms with Gasteiger partial charge in [-0.2, -0.15) is 5.21 Å². The smallest absolute Gasteiger partial charge is 0.357 e. The van der Waals surface area contributed by atoms with Gasteiger partial charge >= 0.3 is 5.97 Å². The molecule has 2 N–H and O–H groups in total. The van der Waals surface area contributed by atoms with Crippen molar-refractivity contribution in [2.45, 2.75) is 33.0 Å². The topological polar surface area (TPSA) is 128 Å². The summed E-state index contributed by atoms with van der Waals surface area (Å²) in [7, 11) is 1.30. The molecule has 0 saturated heterocycles. The molecule has 0 radical (unpaired) electrons. The van der Waals surface area contributed by atoms with Gasteiger partial charge in [0.2, 0.25) is 5.82 Å². The van der Waals surface area contributed by atoms with Gasteiger partial charge in [0.15, 0.2) is 5.69 Å². The van der Waals surface area contributed by atoms with E-state index in [1.54, 1.807) is 18.4 Å². The number of H-pyrrole nitrogens is 1. The normalized spacial score (nSPS) is 11.6. The highest BCUT2D eigenvalue weighted by Crippen LogP contribution is 2.32. The highest BCUT2D eigenvalue weighted by molar-refractivity contribution is 5.90. The first-order chi connectivity index (χ1) is 16.3. The molecule has 0 aliphatic carbocycles. The number of ether oxygens (including phenoxy) is 2. The van der Waals surface area contributed by atoms with E-state index in [1.165, 1.54) is 7.11 Å². The molecule has 0 amide bonds. The van der Waals surface area contributed by atoms with Crippen LogP contribution in [0.15, 0.2) is 48.5 Å². The summed E-state index contributed by atoms with van der Waals surface area (Å²) in [6.07, 6.45) is 0. The lowest BCUT2D eigenvalue weighted by Gasteiger charge is -2.17. The SMILES string of the molecule is CCOCc1nc(C(C)(C)O)c(C(=O)OC)n1-c1ccc(-c2ccccc2-c2nn[nH]n2)cc1. The van der Waals surface area contributed by atoms with Crippen LogP contribution < -0.4 is 0 Å². The quantitative estimate of drug-likeness (QED) is 0.382. The third-order valence-corrected chi connectivity index (χ3v) is 5.29. The third-order valence-electron chi connectivity index (χ3n) is 5.29. The lowest BCUT2D eigenvalue weighted by atomic mass is 9.99. The maximum Gasteiger partial charge on any atom is 0.357 e. The van der Waals surface area contributed by atoms with E-state index in [-0.39, 0.29) is 18.0 Å². The predicted molar refractivity (Wildman–Crippen MR) is 124 cm³/mol. The standard InChI is InChI=1S/C24H26N6O4/c1-5-34-14-19-25-21(24(2,3)32)20(23(31)33-4)30(19)16-12-10-15(11-13-16)17-8-6-7-9-18(17)22-26-28-29-27-22/h6-13,32H,5,14H2,1-4H3,(H,26,27,28,29). The first-order valence-electron chi connectivity index (χ1n) is 10.8. The van der Waals surface area contributed by atoms with E-state index < -0.39 is 11.6 Å². The Kier molecular flexibility index (Phi) is 6.53. The second-order valence-corrected chi connectivity index (χ2v) is 8.08. The number of esters is 1. The van der Waals surface area contributed by atoms with Crippen molar-refractivity contribution in [2.24, 2.45) is 0 Å². The fourth-order valence-corrected chi connectivity index (χ4v) is 3.74. The number of carbonyl (C=O) groups excluding carboxylic acids is 1. The highest BCUT2D eigenvalue weighted by Gasteiger charge is 2.33. The number of hydrogen-bond acceptors (Lipinski definition) is 8. The highest BCUT2D eigenvalue weighted by atomic mass is 16.5. The minimum Gasteiger partial charge on any atom is -0.464 e. The molecular weight excluding hydrogens is 436 g/mol. The first kappa shape index (κ1) is 23.3. The van der Waals surface area contributed by atoms with Crippen molar-refractivity contribution in [1.82, 2.24) is 30.2 Å². The lowest BCUT2D eigenvalue weighted by Crippen LogP contribution is -2.22. The van der Waals surface area contributed by atoms with E-state index in [9.17, 15) is 9.90 Å².